The molecule has 2 aromatic rings. The molecule has 0 amide bonds. The summed E-state index contributed by atoms with van der Waals surface area (Å²) in [5, 5.41) is 9.00. The van der Waals surface area contributed by atoms with Gasteiger partial charge in [-0.1, -0.05) is 0 Å². The Morgan fingerprint density at radius 3 is 2.33 bits per heavy atom. The minimum atomic E-state index is -5.08. The second-order valence-electron chi connectivity index (χ2n) is 5.37. The van der Waals surface area contributed by atoms with E-state index in [1.807, 2.05) is 0 Å². The lowest BCUT2D eigenvalue weighted by molar-refractivity contribution is -0.137. The summed E-state index contributed by atoms with van der Waals surface area (Å²) in [6.07, 6.45) is 2.67. The monoisotopic (exact) mass is 470 g/mol. The molecule has 0 bridgehead atoms. The highest BCUT2D eigenvalue weighted by Crippen LogP contribution is 2.34. The number of hydrogen-bond donors (Lipinski definition) is 1. The number of carbonyl (C=O) groups is 1. The van der Waals surface area contributed by atoms with Crippen molar-refractivity contribution in [3.05, 3.63) is 57.3 Å². The van der Waals surface area contributed by atoms with Crippen molar-refractivity contribution in [3.63, 3.8) is 0 Å². The largest absolute Gasteiger partial charge is 0.480 e. The number of carboxylic acids is 1. The first kappa shape index (κ1) is 21.3. The molecule has 0 aliphatic rings. The molecule has 1 heterocycles. The van der Waals surface area contributed by atoms with Crippen LogP contribution in [0.4, 0.5) is 17.6 Å². The van der Waals surface area contributed by atoms with Crippen LogP contribution in [0.15, 0.2) is 27.8 Å². The summed E-state index contributed by atoms with van der Waals surface area (Å²) in [6.45, 7) is -0.111. The molecule has 0 atom stereocenters. The van der Waals surface area contributed by atoms with Gasteiger partial charge in [-0.15, -0.1) is 0 Å². The zero-order valence-corrected chi connectivity index (χ0v) is 15.9. The van der Waals surface area contributed by atoms with E-state index < -0.39 is 61.7 Å². The highest BCUT2D eigenvalue weighted by molar-refractivity contribution is 9.10. The number of halogens is 5. The number of aliphatic carboxylic acids is 1. The first-order valence-electron chi connectivity index (χ1n) is 7.11. The minimum Gasteiger partial charge on any atom is -0.480 e. The van der Waals surface area contributed by atoms with Crippen LogP contribution in [0.25, 0.3) is 0 Å². The molecular formula is C15H11BrF4N2O4S. The van der Waals surface area contributed by atoms with E-state index in [4.69, 9.17) is 5.11 Å². The molecule has 1 aromatic carbocycles. The molecule has 0 aliphatic carbocycles. The maximum Gasteiger partial charge on any atom is 0.318 e. The van der Waals surface area contributed by atoms with Crippen molar-refractivity contribution in [2.45, 2.75) is 18.4 Å². The maximum absolute atomic E-state index is 14.1. The molecule has 2 rings (SSSR count). The van der Waals surface area contributed by atoms with Crippen molar-refractivity contribution in [2.75, 3.05) is 6.54 Å². The summed E-state index contributed by atoms with van der Waals surface area (Å²) in [5.41, 5.74) is 0.827. The number of sulfonamides is 1. The van der Waals surface area contributed by atoms with Gasteiger partial charge in [0.25, 0.3) is 0 Å². The molecule has 0 aliphatic heterocycles. The van der Waals surface area contributed by atoms with Crippen molar-refractivity contribution in [1.82, 2.24) is 9.29 Å². The second-order valence-corrected chi connectivity index (χ2v) is 8.04. The third-order valence-electron chi connectivity index (χ3n) is 3.57. The summed E-state index contributed by atoms with van der Waals surface area (Å²) >= 11 is 2.40. The smallest absolute Gasteiger partial charge is 0.318 e. The predicted molar refractivity (Wildman–Crippen MR) is 88.2 cm³/mol. The third kappa shape index (κ3) is 4.12. The fourth-order valence-electron chi connectivity index (χ4n) is 2.17. The number of hydrogen-bond acceptors (Lipinski definition) is 4. The average molecular weight is 471 g/mol. The van der Waals surface area contributed by atoms with E-state index in [-0.39, 0.29) is 5.56 Å². The van der Waals surface area contributed by atoms with E-state index >= 15 is 0 Å². The van der Waals surface area contributed by atoms with E-state index in [0.29, 0.717) is 9.87 Å². The number of carboxylic acid groups (broad SMARTS) is 1. The van der Waals surface area contributed by atoms with Crippen LogP contribution in [0, 0.1) is 30.2 Å². The molecule has 0 saturated heterocycles. The summed E-state index contributed by atoms with van der Waals surface area (Å²) in [6, 6.07) is 1.52. The van der Waals surface area contributed by atoms with Crippen molar-refractivity contribution in [1.29, 1.82) is 0 Å². The van der Waals surface area contributed by atoms with Crippen LogP contribution in [0.5, 0.6) is 0 Å². The highest BCUT2D eigenvalue weighted by Gasteiger charge is 2.36. The van der Waals surface area contributed by atoms with Gasteiger partial charge in [0.15, 0.2) is 23.3 Å². The molecule has 0 radical (unpaired) electrons. The van der Waals surface area contributed by atoms with E-state index in [0.717, 1.165) is 0 Å². The van der Waals surface area contributed by atoms with Crippen LogP contribution in [0.2, 0.25) is 0 Å². The number of benzene rings is 1. The van der Waals surface area contributed by atoms with E-state index in [2.05, 4.69) is 20.9 Å². The Hall–Kier alpha value is -2.05. The molecular weight excluding hydrogens is 460 g/mol. The Morgan fingerprint density at radius 2 is 1.78 bits per heavy atom. The molecule has 27 heavy (non-hydrogen) atoms. The normalized spacial score (nSPS) is 11.8. The standard InChI is InChI=1S/C15H11BrF4N2O4S/c1-7-2-3-21-4-8(7)5-22(6-9(23)24)27(25,26)15-10(16)11(17)12(18)13(19)14(15)20/h2-4H,5-6H2,1H3,(H,23,24). The van der Waals surface area contributed by atoms with Crippen molar-refractivity contribution in [3.8, 4) is 0 Å². The van der Waals surface area contributed by atoms with Crippen LogP contribution in [0.3, 0.4) is 0 Å². The fraction of sp³-hybridized carbons (Fsp3) is 0.200. The number of aromatic nitrogens is 1. The molecule has 146 valence electrons. The van der Waals surface area contributed by atoms with Gasteiger partial charge in [0.1, 0.15) is 11.4 Å². The van der Waals surface area contributed by atoms with Gasteiger partial charge in [0.2, 0.25) is 10.0 Å². The molecule has 1 N–H and O–H groups in total. The maximum atomic E-state index is 14.1. The summed E-state index contributed by atoms with van der Waals surface area (Å²) in [5.74, 6) is -10.3. The Balaban J connectivity index is 2.65. The van der Waals surface area contributed by atoms with Crippen LogP contribution in [0.1, 0.15) is 11.1 Å². The van der Waals surface area contributed by atoms with Gasteiger partial charge in [0, 0.05) is 18.9 Å². The Labute approximate surface area is 159 Å². The number of rotatable bonds is 6. The summed E-state index contributed by atoms with van der Waals surface area (Å²) < 4.78 is 79.4. The van der Waals surface area contributed by atoms with Gasteiger partial charge < -0.3 is 5.11 Å². The summed E-state index contributed by atoms with van der Waals surface area (Å²) in [7, 11) is -5.08. The van der Waals surface area contributed by atoms with Crippen molar-refractivity contribution in [2.24, 2.45) is 0 Å². The van der Waals surface area contributed by atoms with Crippen molar-refractivity contribution >= 4 is 31.9 Å². The molecule has 6 nitrogen and oxygen atoms in total. The lowest BCUT2D eigenvalue weighted by Crippen LogP contribution is -2.36. The molecule has 0 spiro atoms. The lowest BCUT2D eigenvalue weighted by Gasteiger charge is -2.22. The lowest BCUT2D eigenvalue weighted by atomic mass is 10.1. The number of nitrogens with zero attached hydrogens (tertiary/aromatic N) is 2. The Morgan fingerprint density at radius 1 is 1.19 bits per heavy atom. The quantitative estimate of drug-likeness (QED) is 0.398. The molecule has 12 heteroatoms. The van der Waals surface area contributed by atoms with Gasteiger partial charge in [-0.2, -0.15) is 4.31 Å². The minimum absolute atomic E-state index is 0.280. The fourth-order valence-corrected chi connectivity index (χ4v) is 4.61. The van der Waals surface area contributed by atoms with Crippen molar-refractivity contribution < 1.29 is 35.9 Å². The van der Waals surface area contributed by atoms with Crippen LogP contribution >= 0.6 is 15.9 Å². The van der Waals surface area contributed by atoms with Gasteiger partial charge in [-0.05, 0) is 40.0 Å². The van der Waals surface area contributed by atoms with Gasteiger partial charge in [0.05, 0.1) is 4.47 Å². The molecule has 1 aromatic heterocycles. The second kappa shape index (κ2) is 7.90. The van der Waals surface area contributed by atoms with E-state index in [1.54, 1.807) is 6.92 Å². The first-order valence-corrected chi connectivity index (χ1v) is 9.34. The van der Waals surface area contributed by atoms with Crippen LogP contribution in [-0.2, 0) is 21.4 Å². The number of aryl methyl sites for hydroxylation is 1. The van der Waals surface area contributed by atoms with Gasteiger partial charge >= 0.3 is 5.97 Å². The Kier molecular flexibility index (Phi) is 6.22. The highest BCUT2D eigenvalue weighted by atomic mass is 79.9. The topological polar surface area (TPSA) is 87.6 Å². The van der Waals surface area contributed by atoms with Gasteiger partial charge in [-0.3, -0.25) is 9.78 Å². The van der Waals surface area contributed by atoms with Crippen LogP contribution < -0.4 is 0 Å². The van der Waals surface area contributed by atoms with E-state index in [1.165, 1.54) is 18.5 Å². The van der Waals surface area contributed by atoms with E-state index in [9.17, 15) is 30.8 Å². The summed E-state index contributed by atoms with van der Waals surface area (Å²) in [4.78, 5) is 13.3. The number of pyridine rings is 1. The zero-order chi connectivity index (χ0) is 20.5. The SMILES string of the molecule is Cc1ccncc1CN(CC(=O)O)S(=O)(=O)c1c(F)c(F)c(F)c(F)c1Br. The average Bonchev–Trinajstić information content (AvgIpc) is 2.59. The van der Waals surface area contributed by atoms with Crippen LogP contribution in [-0.4, -0.2) is 35.3 Å². The molecule has 0 saturated carbocycles. The Bertz CT molecular complexity index is 988. The first-order chi connectivity index (χ1) is 12.5. The van der Waals surface area contributed by atoms with Gasteiger partial charge in [-0.25, -0.2) is 26.0 Å². The third-order valence-corrected chi connectivity index (χ3v) is 6.42. The zero-order valence-electron chi connectivity index (χ0n) is 13.5. The molecule has 0 unspecified atom stereocenters. The predicted octanol–water partition coefficient (Wildman–Crippen LogP) is 2.98. The molecule has 0 fully saturated rings.